The molecule has 0 aromatic rings. The lowest BCUT2D eigenvalue weighted by atomic mass is 10.2. The smallest absolute Gasteiger partial charge is 0.248 e. The van der Waals surface area contributed by atoms with E-state index >= 15 is 0 Å². The van der Waals surface area contributed by atoms with Crippen LogP contribution in [0.4, 0.5) is 0 Å². The summed E-state index contributed by atoms with van der Waals surface area (Å²) in [6.45, 7) is 5.75. The maximum atomic E-state index is 11.1. The zero-order valence-electron chi connectivity index (χ0n) is 8.42. The van der Waals surface area contributed by atoms with Gasteiger partial charge in [-0.05, 0) is 18.8 Å². The van der Waals surface area contributed by atoms with Gasteiger partial charge in [0, 0.05) is 12.6 Å². The summed E-state index contributed by atoms with van der Waals surface area (Å²) in [6.07, 6.45) is 2.45. The third-order valence-electron chi connectivity index (χ3n) is 2.17. The van der Waals surface area contributed by atoms with Gasteiger partial charge in [-0.3, -0.25) is 15.1 Å². The van der Waals surface area contributed by atoms with E-state index in [9.17, 15) is 4.79 Å². The fraction of sp³-hybridized carbons (Fsp3) is 0.889. The molecule has 4 nitrogen and oxygen atoms in total. The predicted octanol–water partition coefficient (Wildman–Crippen LogP) is 0.0967. The van der Waals surface area contributed by atoms with Crippen molar-refractivity contribution in [3.05, 3.63) is 0 Å². The van der Waals surface area contributed by atoms with Crippen LogP contribution in [0.3, 0.4) is 0 Å². The van der Waals surface area contributed by atoms with Gasteiger partial charge in [-0.25, -0.2) is 5.84 Å². The molecule has 0 spiro atoms. The number of carbonyl (C=O) groups excluding carboxylic acids is 1. The third-order valence-corrected chi connectivity index (χ3v) is 2.17. The summed E-state index contributed by atoms with van der Waals surface area (Å²) in [7, 11) is 0. The van der Waals surface area contributed by atoms with Gasteiger partial charge in [0.05, 0.1) is 6.54 Å². The van der Waals surface area contributed by atoms with Crippen molar-refractivity contribution in [2.45, 2.75) is 32.7 Å². The molecule has 1 aliphatic rings. The number of nitrogens with two attached hydrogens (primary N) is 1. The van der Waals surface area contributed by atoms with Gasteiger partial charge in [-0.15, -0.1) is 0 Å². The molecule has 0 unspecified atom stereocenters. The van der Waals surface area contributed by atoms with Crippen LogP contribution >= 0.6 is 0 Å². The SMILES string of the molecule is CC(C)CN(CC(=O)NN)C1CC1. The highest BCUT2D eigenvalue weighted by molar-refractivity contribution is 5.77. The van der Waals surface area contributed by atoms with Crippen molar-refractivity contribution in [2.75, 3.05) is 13.1 Å². The molecule has 0 aliphatic heterocycles. The fourth-order valence-corrected chi connectivity index (χ4v) is 1.48. The zero-order chi connectivity index (χ0) is 9.84. The highest BCUT2D eigenvalue weighted by Gasteiger charge is 2.30. The summed E-state index contributed by atoms with van der Waals surface area (Å²) >= 11 is 0. The molecule has 0 aromatic carbocycles. The van der Waals surface area contributed by atoms with Crippen LogP contribution in [-0.4, -0.2) is 29.9 Å². The first-order chi connectivity index (χ1) is 6.13. The molecule has 1 saturated carbocycles. The second kappa shape index (κ2) is 4.58. The van der Waals surface area contributed by atoms with Crippen LogP contribution < -0.4 is 11.3 Å². The molecule has 1 aliphatic carbocycles. The number of nitrogens with one attached hydrogen (secondary N) is 1. The Balaban J connectivity index is 2.33. The summed E-state index contributed by atoms with van der Waals surface area (Å²) in [5.41, 5.74) is 2.17. The molecule has 76 valence electrons. The highest BCUT2D eigenvalue weighted by atomic mass is 16.2. The van der Waals surface area contributed by atoms with Crippen molar-refractivity contribution in [1.82, 2.24) is 10.3 Å². The molecule has 1 amide bonds. The minimum absolute atomic E-state index is 0.0902. The van der Waals surface area contributed by atoms with Crippen LogP contribution in [0.15, 0.2) is 0 Å². The van der Waals surface area contributed by atoms with E-state index in [1.807, 2.05) is 0 Å². The van der Waals surface area contributed by atoms with Crippen LogP contribution in [0.5, 0.6) is 0 Å². The normalized spacial score (nSPS) is 16.7. The molecule has 3 N–H and O–H groups in total. The van der Waals surface area contributed by atoms with Crippen LogP contribution in [0.2, 0.25) is 0 Å². The number of amides is 1. The Morgan fingerprint density at radius 1 is 1.62 bits per heavy atom. The van der Waals surface area contributed by atoms with Gasteiger partial charge in [-0.1, -0.05) is 13.8 Å². The first kappa shape index (κ1) is 10.5. The highest BCUT2D eigenvalue weighted by Crippen LogP contribution is 2.27. The zero-order valence-corrected chi connectivity index (χ0v) is 8.42. The first-order valence-corrected chi connectivity index (χ1v) is 4.87. The van der Waals surface area contributed by atoms with Gasteiger partial charge in [0.2, 0.25) is 5.91 Å². The maximum absolute atomic E-state index is 11.1. The van der Waals surface area contributed by atoms with E-state index in [0.29, 0.717) is 18.5 Å². The number of hydrazine groups is 1. The van der Waals surface area contributed by atoms with Gasteiger partial charge >= 0.3 is 0 Å². The summed E-state index contributed by atoms with van der Waals surface area (Å²) < 4.78 is 0. The Morgan fingerprint density at radius 2 is 2.23 bits per heavy atom. The Morgan fingerprint density at radius 3 is 2.62 bits per heavy atom. The van der Waals surface area contributed by atoms with Gasteiger partial charge in [0.25, 0.3) is 0 Å². The van der Waals surface area contributed by atoms with Gasteiger partial charge < -0.3 is 0 Å². The standard InChI is InChI=1S/C9H19N3O/c1-7(2)5-12(8-3-4-8)6-9(13)11-10/h7-8H,3-6,10H2,1-2H3,(H,11,13). The van der Waals surface area contributed by atoms with E-state index in [0.717, 1.165) is 6.54 Å². The fourth-order valence-electron chi connectivity index (χ4n) is 1.48. The molecule has 1 fully saturated rings. The quantitative estimate of drug-likeness (QED) is 0.363. The van der Waals surface area contributed by atoms with E-state index in [-0.39, 0.29) is 5.91 Å². The summed E-state index contributed by atoms with van der Waals surface area (Å²) in [4.78, 5) is 13.3. The van der Waals surface area contributed by atoms with Crippen molar-refractivity contribution in [3.8, 4) is 0 Å². The monoisotopic (exact) mass is 185 g/mol. The van der Waals surface area contributed by atoms with Crippen molar-refractivity contribution in [1.29, 1.82) is 0 Å². The van der Waals surface area contributed by atoms with Crippen molar-refractivity contribution >= 4 is 5.91 Å². The van der Waals surface area contributed by atoms with E-state index in [1.165, 1.54) is 12.8 Å². The lowest BCUT2D eigenvalue weighted by Crippen LogP contribution is -2.42. The molecule has 1 rings (SSSR count). The van der Waals surface area contributed by atoms with Crippen LogP contribution in [0.1, 0.15) is 26.7 Å². The third kappa shape index (κ3) is 3.74. The Bertz CT molecular complexity index is 178. The van der Waals surface area contributed by atoms with Crippen LogP contribution in [0, 0.1) is 5.92 Å². The molecule has 0 heterocycles. The molecular formula is C9H19N3O. The predicted molar refractivity (Wildman–Crippen MR) is 51.8 cm³/mol. The molecule has 4 heteroatoms. The van der Waals surface area contributed by atoms with Crippen molar-refractivity contribution in [2.24, 2.45) is 11.8 Å². The molecule has 13 heavy (non-hydrogen) atoms. The number of hydrogen-bond donors (Lipinski definition) is 2. The second-order valence-electron chi connectivity index (χ2n) is 4.12. The van der Waals surface area contributed by atoms with E-state index in [2.05, 4.69) is 24.2 Å². The number of hydrogen-bond acceptors (Lipinski definition) is 3. The Labute approximate surface area is 79.4 Å². The number of carbonyl (C=O) groups is 1. The Hall–Kier alpha value is -0.610. The summed E-state index contributed by atoms with van der Waals surface area (Å²) in [5, 5.41) is 0. The van der Waals surface area contributed by atoms with Gasteiger partial charge in [-0.2, -0.15) is 0 Å². The minimum Gasteiger partial charge on any atom is -0.293 e. The van der Waals surface area contributed by atoms with Gasteiger partial charge in [0.1, 0.15) is 0 Å². The molecule has 0 saturated heterocycles. The van der Waals surface area contributed by atoms with E-state index in [1.54, 1.807) is 0 Å². The molecular weight excluding hydrogens is 166 g/mol. The lowest BCUT2D eigenvalue weighted by Gasteiger charge is -2.22. The lowest BCUT2D eigenvalue weighted by molar-refractivity contribution is -0.122. The molecule has 0 atom stereocenters. The van der Waals surface area contributed by atoms with Crippen LogP contribution in [-0.2, 0) is 4.79 Å². The van der Waals surface area contributed by atoms with Crippen LogP contribution in [0.25, 0.3) is 0 Å². The summed E-state index contributed by atoms with van der Waals surface area (Å²) in [6, 6.07) is 0.625. The first-order valence-electron chi connectivity index (χ1n) is 4.87. The van der Waals surface area contributed by atoms with Crippen molar-refractivity contribution in [3.63, 3.8) is 0 Å². The average Bonchev–Trinajstić information content (AvgIpc) is 2.84. The summed E-state index contributed by atoms with van der Waals surface area (Å²) in [5.74, 6) is 5.56. The Kier molecular flexibility index (Phi) is 3.69. The topological polar surface area (TPSA) is 58.4 Å². The maximum Gasteiger partial charge on any atom is 0.248 e. The van der Waals surface area contributed by atoms with E-state index < -0.39 is 0 Å². The van der Waals surface area contributed by atoms with Crippen molar-refractivity contribution < 1.29 is 4.79 Å². The minimum atomic E-state index is -0.0902. The molecule has 0 bridgehead atoms. The molecule has 0 radical (unpaired) electrons. The average molecular weight is 185 g/mol. The number of nitrogens with zero attached hydrogens (tertiary/aromatic N) is 1. The van der Waals surface area contributed by atoms with Gasteiger partial charge in [0.15, 0.2) is 0 Å². The van der Waals surface area contributed by atoms with E-state index in [4.69, 9.17) is 5.84 Å². The number of rotatable bonds is 5. The second-order valence-corrected chi connectivity index (χ2v) is 4.12. The largest absolute Gasteiger partial charge is 0.293 e. The molecule has 0 aromatic heterocycles.